The van der Waals surface area contributed by atoms with Gasteiger partial charge in [-0.1, -0.05) is 0 Å². The third kappa shape index (κ3) is 5.36. The number of fused-ring (bicyclic) bond motifs is 1. The van der Waals surface area contributed by atoms with Crippen molar-refractivity contribution < 1.29 is 24.6 Å². The molecule has 8 N–H and O–H groups in total. The van der Waals surface area contributed by atoms with Gasteiger partial charge in [0.25, 0.3) is 5.91 Å². The number of carboxylic acid groups (broad SMARTS) is 2. The number of carbonyl (C=O) groups is 3. The summed E-state index contributed by atoms with van der Waals surface area (Å²) >= 11 is 1.41. The van der Waals surface area contributed by atoms with Crippen LogP contribution in [0.3, 0.4) is 0 Å². The van der Waals surface area contributed by atoms with Crippen LogP contribution in [0.5, 0.6) is 0 Å². The summed E-state index contributed by atoms with van der Waals surface area (Å²) in [7, 11) is 0. The van der Waals surface area contributed by atoms with Gasteiger partial charge in [-0.2, -0.15) is 4.98 Å². The van der Waals surface area contributed by atoms with E-state index in [4.69, 9.17) is 21.7 Å². The number of amides is 1. The number of thiophene rings is 1. The van der Waals surface area contributed by atoms with Crippen LogP contribution in [0.15, 0.2) is 29.6 Å². The minimum atomic E-state index is -1.29. The molecule has 3 aromatic rings. The first-order chi connectivity index (χ1) is 14.7. The molecule has 0 saturated carbocycles. The van der Waals surface area contributed by atoms with E-state index >= 15 is 0 Å². The van der Waals surface area contributed by atoms with Gasteiger partial charge in [-0.05, 0) is 41.6 Å². The number of nitrogen functional groups attached to an aromatic ring is 2. The second-order valence-electron chi connectivity index (χ2n) is 6.64. The maximum absolute atomic E-state index is 12.3. The Hall–Kier alpha value is -3.93. The van der Waals surface area contributed by atoms with Crippen molar-refractivity contribution in [3.63, 3.8) is 0 Å². The highest BCUT2D eigenvalue weighted by Gasteiger charge is 2.21. The fourth-order valence-corrected chi connectivity index (χ4v) is 3.84. The van der Waals surface area contributed by atoms with Crippen LogP contribution in [0, 0.1) is 0 Å². The molecule has 0 aliphatic carbocycles. The summed E-state index contributed by atoms with van der Waals surface area (Å²) in [5, 5.41) is 26.0. The number of carbonyl (C=O) groups excluding carboxylic acids is 1. The molecule has 1 amide bonds. The highest BCUT2D eigenvalue weighted by Crippen LogP contribution is 2.29. The lowest BCUT2D eigenvalue weighted by atomic mass is 10.1. The molecule has 0 spiro atoms. The molecule has 0 saturated heterocycles. The number of hydrogen-bond acceptors (Lipinski definition) is 9. The number of hydrogen-bond donors (Lipinski definition) is 6. The molecule has 2 aromatic heterocycles. The molecule has 162 valence electrons. The zero-order valence-corrected chi connectivity index (χ0v) is 17.0. The zero-order valence-electron chi connectivity index (χ0n) is 16.2. The van der Waals surface area contributed by atoms with E-state index in [0.29, 0.717) is 17.2 Å². The molecule has 0 radical (unpaired) electrons. The van der Waals surface area contributed by atoms with Crippen molar-refractivity contribution in [3.8, 4) is 0 Å². The molecule has 1 aromatic carbocycles. The first kappa shape index (κ1) is 21.8. The Morgan fingerprint density at radius 1 is 1.10 bits per heavy atom. The Balaban J connectivity index is 1.63. The average molecular weight is 444 g/mol. The molecule has 11 nitrogen and oxygen atoms in total. The first-order valence-electron chi connectivity index (χ1n) is 9.13. The average Bonchev–Trinajstić information content (AvgIpc) is 3.12. The Morgan fingerprint density at radius 2 is 1.81 bits per heavy atom. The van der Waals surface area contributed by atoms with Crippen LogP contribution in [0.1, 0.15) is 28.8 Å². The number of nitrogens with one attached hydrogen (secondary N) is 2. The van der Waals surface area contributed by atoms with Crippen LogP contribution in [0.2, 0.25) is 0 Å². The van der Waals surface area contributed by atoms with Gasteiger partial charge in [0.05, 0.1) is 5.39 Å². The van der Waals surface area contributed by atoms with E-state index in [9.17, 15) is 14.4 Å². The summed E-state index contributed by atoms with van der Waals surface area (Å²) in [5.41, 5.74) is 13.4. The van der Waals surface area contributed by atoms with Gasteiger partial charge in [-0.3, -0.25) is 9.59 Å². The van der Waals surface area contributed by atoms with Gasteiger partial charge in [0.2, 0.25) is 5.95 Å². The maximum Gasteiger partial charge on any atom is 0.326 e. The maximum atomic E-state index is 12.3. The Kier molecular flexibility index (Phi) is 6.50. The van der Waals surface area contributed by atoms with Crippen LogP contribution >= 0.6 is 11.3 Å². The molecule has 0 unspecified atom stereocenters. The third-order valence-electron chi connectivity index (χ3n) is 4.44. The predicted octanol–water partition coefficient (Wildman–Crippen LogP) is 1.52. The molecular weight excluding hydrogens is 424 g/mol. The van der Waals surface area contributed by atoms with Gasteiger partial charge in [0, 0.05) is 24.2 Å². The molecule has 2 heterocycles. The molecule has 0 aliphatic rings. The number of carboxylic acids is 2. The number of nitrogens with zero attached hydrogens (tertiary/aromatic N) is 2. The van der Waals surface area contributed by atoms with Crippen LogP contribution in [0.25, 0.3) is 10.2 Å². The van der Waals surface area contributed by atoms with Gasteiger partial charge >= 0.3 is 11.9 Å². The topological polar surface area (TPSA) is 194 Å². The Labute approximate surface area is 180 Å². The lowest BCUT2D eigenvalue weighted by molar-refractivity contribution is -0.140. The van der Waals surface area contributed by atoms with Crippen LogP contribution in [0.4, 0.5) is 17.5 Å². The fourth-order valence-electron chi connectivity index (χ4n) is 2.88. The molecule has 0 bridgehead atoms. The highest BCUT2D eigenvalue weighted by atomic mass is 32.1. The second kappa shape index (κ2) is 9.26. The van der Waals surface area contributed by atoms with Gasteiger partial charge in [0.15, 0.2) is 0 Å². The first-order valence-corrected chi connectivity index (χ1v) is 10.0. The van der Waals surface area contributed by atoms with E-state index in [1.54, 1.807) is 12.1 Å². The lowest BCUT2D eigenvalue weighted by Gasteiger charge is -2.14. The summed E-state index contributed by atoms with van der Waals surface area (Å²) in [4.78, 5) is 43.0. The van der Waals surface area contributed by atoms with Crippen LogP contribution < -0.4 is 22.1 Å². The smallest absolute Gasteiger partial charge is 0.326 e. The van der Waals surface area contributed by atoms with Crippen molar-refractivity contribution in [2.45, 2.75) is 25.4 Å². The van der Waals surface area contributed by atoms with Gasteiger partial charge in [-0.15, -0.1) is 11.3 Å². The molecule has 31 heavy (non-hydrogen) atoms. The lowest BCUT2D eigenvalue weighted by Crippen LogP contribution is -2.41. The van der Waals surface area contributed by atoms with E-state index in [-0.39, 0.29) is 24.4 Å². The van der Waals surface area contributed by atoms with Crippen molar-refractivity contribution in [3.05, 3.63) is 40.8 Å². The van der Waals surface area contributed by atoms with E-state index in [2.05, 4.69) is 20.6 Å². The molecule has 1 atom stereocenters. The van der Waals surface area contributed by atoms with Crippen LogP contribution in [-0.2, 0) is 16.1 Å². The minimum absolute atomic E-state index is 0.119. The van der Waals surface area contributed by atoms with E-state index in [0.717, 1.165) is 16.6 Å². The number of aromatic nitrogens is 2. The summed E-state index contributed by atoms with van der Waals surface area (Å²) in [6.07, 6.45) is -0.567. The molecule has 0 aliphatic heterocycles. The molecule has 12 heteroatoms. The molecule has 3 rings (SSSR count). The number of rotatable bonds is 9. The Morgan fingerprint density at radius 3 is 2.45 bits per heavy atom. The SMILES string of the molecule is Nc1nc(N)c2c(CNc3ccc(C(=O)N[C@@H](CCC(=O)O)C(=O)O)cc3)csc2n1. The van der Waals surface area contributed by atoms with Gasteiger partial charge in [-0.25, -0.2) is 9.78 Å². The number of aliphatic carboxylic acids is 2. The summed E-state index contributed by atoms with van der Waals surface area (Å²) in [6, 6.07) is 5.15. The zero-order chi connectivity index (χ0) is 22.5. The third-order valence-corrected chi connectivity index (χ3v) is 5.36. The monoisotopic (exact) mass is 444 g/mol. The van der Waals surface area contributed by atoms with Crippen molar-refractivity contribution >= 4 is 56.9 Å². The fraction of sp³-hybridized carbons (Fsp3) is 0.211. The van der Waals surface area contributed by atoms with Gasteiger partial charge in [0.1, 0.15) is 16.7 Å². The predicted molar refractivity (Wildman–Crippen MR) is 116 cm³/mol. The normalized spacial score (nSPS) is 11.7. The number of nitrogens with two attached hydrogens (primary N) is 2. The number of anilines is 3. The largest absolute Gasteiger partial charge is 0.481 e. The van der Waals surface area contributed by atoms with Crippen molar-refractivity contribution in [2.75, 3.05) is 16.8 Å². The molecule has 0 fully saturated rings. The minimum Gasteiger partial charge on any atom is -0.481 e. The van der Waals surface area contributed by atoms with E-state index in [1.807, 2.05) is 5.38 Å². The van der Waals surface area contributed by atoms with Crippen molar-refractivity contribution in [2.24, 2.45) is 0 Å². The van der Waals surface area contributed by atoms with Crippen LogP contribution in [-0.4, -0.2) is 44.1 Å². The Bertz CT molecular complexity index is 1130. The van der Waals surface area contributed by atoms with E-state index < -0.39 is 23.9 Å². The summed E-state index contributed by atoms with van der Waals surface area (Å²) in [5.74, 6) is -2.60. The van der Waals surface area contributed by atoms with Gasteiger partial charge < -0.3 is 32.3 Å². The number of benzene rings is 1. The van der Waals surface area contributed by atoms with E-state index in [1.165, 1.54) is 23.5 Å². The summed E-state index contributed by atoms with van der Waals surface area (Å²) in [6.45, 7) is 0.444. The standard InChI is InChI=1S/C19H20N6O5S/c20-15-14-10(8-31-17(14)25-19(21)24-15)7-22-11-3-1-9(2-4-11)16(28)23-12(18(29)30)5-6-13(26)27/h1-4,8,12,22H,5-7H2,(H,23,28)(H,26,27)(H,29,30)(H4,20,21,24,25)/t12-/m0/s1. The quantitative estimate of drug-likeness (QED) is 0.282. The van der Waals surface area contributed by atoms with Crippen molar-refractivity contribution in [1.82, 2.24) is 15.3 Å². The highest BCUT2D eigenvalue weighted by molar-refractivity contribution is 7.17. The molecular formula is C19H20N6O5S. The van der Waals surface area contributed by atoms with Crippen molar-refractivity contribution in [1.29, 1.82) is 0 Å². The second-order valence-corrected chi connectivity index (χ2v) is 7.49. The summed E-state index contributed by atoms with van der Waals surface area (Å²) < 4.78 is 0.